The Morgan fingerprint density at radius 1 is 1.53 bits per heavy atom. The lowest BCUT2D eigenvalue weighted by molar-refractivity contribution is -0.139. The summed E-state index contributed by atoms with van der Waals surface area (Å²) in [6.45, 7) is 4.18. The van der Waals surface area contributed by atoms with Gasteiger partial charge in [-0.25, -0.2) is 0 Å². The molecule has 0 saturated carbocycles. The van der Waals surface area contributed by atoms with Gasteiger partial charge in [-0.1, -0.05) is 34.1 Å². The first-order valence-corrected chi connectivity index (χ1v) is 5.56. The largest absolute Gasteiger partial charge is 0.465 e. The lowest BCUT2D eigenvalue weighted by Crippen LogP contribution is -2.11. The second-order valence-electron chi connectivity index (χ2n) is 3.56. The first-order chi connectivity index (χ1) is 7.22. The van der Waals surface area contributed by atoms with Crippen LogP contribution in [0.15, 0.2) is 41.4 Å². The van der Waals surface area contributed by atoms with E-state index in [1.54, 1.807) is 6.08 Å². The molecule has 15 heavy (non-hydrogen) atoms. The highest BCUT2D eigenvalue weighted by atomic mass is 79.9. The van der Waals surface area contributed by atoms with Crippen molar-refractivity contribution in [1.82, 2.24) is 0 Å². The van der Waals surface area contributed by atoms with Crippen LogP contribution < -0.4 is 0 Å². The number of benzene rings is 1. The molecule has 0 aromatic heterocycles. The maximum absolute atomic E-state index is 11.6. The second kappa shape index (κ2) is 4.19. The van der Waals surface area contributed by atoms with Crippen LogP contribution in [0.2, 0.25) is 0 Å². The van der Waals surface area contributed by atoms with Crippen LogP contribution >= 0.6 is 15.9 Å². The molecule has 0 bridgehead atoms. The van der Waals surface area contributed by atoms with Gasteiger partial charge in [-0.05, 0) is 17.7 Å². The molecule has 0 radical (unpaired) electrons. The fraction of sp³-hybridized carbons (Fsp3) is 0.250. The number of halogens is 1. The first kappa shape index (κ1) is 10.4. The van der Waals surface area contributed by atoms with Crippen LogP contribution in [0.1, 0.15) is 11.5 Å². The summed E-state index contributed by atoms with van der Waals surface area (Å²) >= 11 is 3.39. The van der Waals surface area contributed by atoms with E-state index in [2.05, 4.69) is 22.5 Å². The molecule has 1 heterocycles. The zero-order valence-electron chi connectivity index (χ0n) is 8.15. The number of hydrogen-bond donors (Lipinski definition) is 0. The van der Waals surface area contributed by atoms with Crippen molar-refractivity contribution in [3.05, 3.63) is 47.0 Å². The monoisotopic (exact) mass is 266 g/mol. The lowest BCUT2D eigenvalue weighted by atomic mass is 9.89. The molecular formula is C12H11BrO2. The SMILES string of the molecule is C=C[C@H]1COC(=O)[C@H]1c1cccc(Br)c1. The Bertz CT molecular complexity index is 400. The molecule has 2 nitrogen and oxygen atoms in total. The second-order valence-corrected chi connectivity index (χ2v) is 4.48. The predicted octanol–water partition coefficient (Wildman–Crippen LogP) is 2.89. The Morgan fingerprint density at radius 3 is 3.00 bits per heavy atom. The molecule has 1 saturated heterocycles. The number of esters is 1. The first-order valence-electron chi connectivity index (χ1n) is 4.77. The average Bonchev–Trinajstić information content (AvgIpc) is 2.59. The molecule has 1 aliphatic rings. The molecule has 2 atom stereocenters. The normalized spacial score (nSPS) is 25.0. The molecule has 1 aromatic carbocycles. The van der Waals surface area contributed by atoms with E-state index in [1.165, 1.54) is 0 Å². The maximum Gasteiger partial charge on any atom is 0.314 e. The molecule has 0 amide bonds. The Balaban J connectivity index is 2.36. The summed E-state index contributed by atoms with van der Waals surface area (Å²) in [4.78, 5) is 11.6. The fourth-order valence-electron chi connectivity index (χ4n) is 1.83. The van der Waals surface area contributed by atoms with Gasteiger partial charge in [0.15, 0.2) is 0 Å². The number of rotatable bonds is 2. The molecule has 1 fully saturated rings. The average molecular weight is 267 g/mol. The van der Waals surface area contributed by atoms with E-state index in [-0.39, 0.29) is 17.8 Å². The zero-order chi connectivity index (χ0) is 10.8. The fourth-order valence-corrected chi connectivity index (χ4v) is 2.24. The minimum Gasteiger partial charge on any atom is -0.465 e. The van der Waals surface area contributed by atoms with E-state index in [4.69, 9.17) is 4.74 Å². The Hall–Kier alpha value is -1.09. The predicted molar refractivity (Wildman–Crippen MR) is 61.5 cm³/mol. The van der Waals surface area contributed by atoms with Gasteiger partial charge in [-0.15, -0.1) is 6.58 Å². The number of carbonyl (C=O) groups excluding carboxylic acids is 1. The van der Waals surface area contributed by atoms with Gasteiger partial charge in [-0.2, -0.15) is 0 Å². The van der Waals surface area contributed by atoms with Crippen molar-refractivity contribution >= 4 is 21.9 Å². The van der Waals surface area contributed by atoms with Crippen molar-refractivity contribution in [2.45, 2.75) is 5.92 Å². The maximum atomic E-state index is 11.6. The zero-order valence-corrected chi connectivity index (χ0v) is 9.74. The smallest absolute Gasteiger partial charge is 0.314 e. The van der Waals surface area contributed by atoms with Gasteiger partial charge in [0.1, 0.15) is 0 Å². The van der Waals surface area contributed by atoms with Crippen molar-refractivity contribution in [1.29, 1.82) is 0 Å². The molecule has 0 spiro atoms. The molecule has 3 heteroatoms. The minimum absolute atomic E-state index is 0.0896. The molecule has 0 N–H and O–H groups in total. The van der Waals surface area contributed by atoms with E-state index >= 15 is 0 Å². The molecular weight excluding hydrogens is 256 g/mol. The van der Waals surface area contributed by atoms with Gasteiger partial charge in [0, 0.05) is 10.4 Å². The van der Waals surface area contributed by atoms with Crippen molar-refractivity contribution in [3.63, 3.8) is 0 Å². The number of carbonyl (C=O) groups is 1. The minimum atomic E-state index is -0.194. The molecule has 1 aliphatic heterocycles. The summed E-state index contributed by atoms with van der Waals surface area (Å²) in [7, 11) is 0. The van der Waals surface area contributed by atoms with Crippen LogP contribution in [0.4, 0.5) is 0 Å². The van der Waals surface area contributed by atoms with E-state index in [1.807, 2.05) is 24.3 Å². The van der Waals surface area contributed by atoms with E-state index in [0.717, 1.165) is 10.0 Å². The van der Waals surface area contributed by atoms with Crippen molar-refractivity contribution in [3.8, 4) is 0 Å². The van der Waals surface area contributed by atoms with Crippen LogP contribution in [0, 0.1) is 5.92 Å². The summed E-state index contributed by atoms with van der Waals surface area (Å²) in [5.41, 5.74) is 0.983. The van der Waals surface area contributed by atoms with Gasteiger partial charge in [0.05, 0.1) is 12.5 Å². The van der Waals surface area contributed by atoms with E-state index in [9.17, 15) is 4.79 Å². The van der Waals surface area contributed by atoms with Gasteiger partial charge >= 0.3 is 5.97 Å². The highest BCUT2D eigenvalue weighted by Crippen LogP contribution is 2.33. The number of ether oxygens (including phenoxy) is 1. The summed E-state index contributed by atoms with van der Waals surface area (Å²) in [5.74, 6) is -0.259. The van der Waals surface area contributed by atoms with Crippen LogP contribution in [0.5, 0.6) is 0 Å². The van der Waals surface area contributed by atoms with Crippen LogP contribution in [-0.2, 0) is 9.53 Å². The van der Waals surface area contributed by atoms with Crippen LogP contribution in [0.3, 0.4) is 0 Å². The van der Waals surface area contributed by atoms with E-state index < -0.39 is 0 Å². The number of hydrogen-bond acceptors (Lipinski definition) is 2. The third-order valence-corrected chi connectivity index (χ3v) is 3.10. The summed E-state index contributed by atoms with van der Waals surface area (Å²) in [6.07, 6.45) is 1.79. The Kier molecular flexibility index (Phi) is 2.91. The molecule has 0 aliphatic carbocycles. The summed E-state index contributed by atoms with van der Waals surface area (Å²) in [5, 5.41) is 0. The topological polar surface area (TPSA) is 26.3 Å². The van der Waals surface area contributed by atoms with Crippen LogP contribution in [-0.4, -0.2) is 12.6 Å². The quantitative estimate of drug-likeness (QED) is 0.608. The molecule has 2 rings (SSSR count). The standard InChI is InChI=1S/C12H11BrO2/c1-2-8-7-15-12(14)11(8)9-4-3-5-10(13)6-9/h2-6,8,11H,1,7H2/t8-,11+/m0/s1. The van der Waals surface area contributed by atoms with Gasteiger partial charge in [-0.3, -0.25) is 4.79 Å². The summed E-state index contributed by atoms with van der Waals surface area (Å²) in [6, 6.07) is 7.75. The third kappa shape index (κ3) is 1.97. The van der Waals surface area contributed by atoms with Gasteiger partial charge < -0.3 is 4.74 Å². The highest BCUT2D eigenvalue weighted by molar-refractivity contribution is 9.10. The van der Waals surface area contributed by atoms with Crippen molar-refractivity contribution in [2.75, 3.05) is 6.61 Å². The summed E-state index contributed by atoms with van der Waals surface area (Å²) < 4.78 is 6.01. The molecule has 1 aromatic rings. The van der Waals surface area contributed by atoms with Crippen molar-refractivity contribution < 1.29 is 9.53 Å². The number of cyclic esters (lactones) is 1. The highest BCUT2D eigenvalue weighted by Gasteiger charge is 2.36. The van der Waals surface area contributed by atoms with Crippen molar-refractivity contribution in [2.24, 2.45) is 5.92 Å². The third-order valence-electron chi connectivity index (χ3n) is 2.61. The molecule has 0 unspecified atom stereocenters. The lowest BCUT2D eigenvalue weighted by Gasteiger charge is -2.11. The Morgan fingerprint density at radius 2 is 2.33 bits per heavy atom. The van der Waals surface area contributed by atoms with Crippen LogP contribution in [0.25, 0.3) is 0 Å². The van der Waals surface area contributed by atoms with E-state index in [0.29, 0.717) is 6.61 Å². The Labute approximate surface area is 97.1 Å². The van der Waals surface area contributed by atoms with Gasteiger partial charge in [0.2, 0.25) is 0 Å². The van der Waals surface area contributed by atoms with Gasteiger partial charge in [0.25, 0.3) is 0 Å². The molecule has 78 valence electrons.